The van der Waals surface area contributed by atoms with Crippen molar-refractivity contribution in [3.63, 3.8) is 0 Å². The number of benzene rings is 1. The average molecular weight is 225 g/mol. The van der Waals surface area contributed by atoms with Gasteiger partial charge in [0.1, 0.15) is 6.61 Å². The van der Waals surface area contributed by atoms with E-state index < -0.39 is 11.9 Å². The highest BCUT2D eigenvalue weighted by molar-refractivity contribution is 5.69. The molecule has 4 nitrogen and oxygen atoms in total. The number of cyclic esters (lactones) is 1. The summed E-state index contributed by atoms with van der Waals surface area (Å²) in [4.78, 5) is 10.7. The number of aryl methyl sites for hydroxylation is 1. The topological polar surface area (TPSA) is 47.6 Å². The largest absolute Gasteiger partial charge is 0.487 e. The van der Waals surface area contributed by atoms with Crippen molar-refractivity contribution in [3.05, 3.63) is 29.6 Å². The van der Waals surface area contributed by atoms with Gasteiger partial charge in [-0.25, -0.2) is 9.18 Å². The normalized spacial score (nSPS) is 19.1. The molecule has 1 N–H and O–H groups in total. The van der Waals surface area contributed by atoms with Crippen molar-refractivity contribution in [2.45, 2.75) is 13.0 Å². The molecule has 1 heterocycles. The van der Waals surface area contributed by atoms with Gasteiger partial charge in [0.05, 0.1) is 6.54 Å². The number of alkyl carbamates (subject to hydrolysis) is 1. The van der Waals surface area contributed by atoms with E-state index in [0.29, 0.717) is 6.54 Å². The molecule has 86 valence electrons. The summed E-state index contributed by atoms with van der Waals surface area (Å²) in [6.45, 7) is 2.40. The van der Waals surface area contributed by atoms with Crippen LogP contribution in [0.4, 0.5) is 9.18 Å². The highest BCUT2D eigenvalue weighted by Crippen LogP contribution is 2.18. The van der Waals surface area contributed by atoms with Gasteiger partial charge in [0.25, 0.3) is 0 Å². The van der Waals surface area contributed by atoms with Crippen LogP contribution in [0.1, 0.15) is 5.56 Å². The lowest BCUT2D eigenvalue weighted by Gasteiger charge is -2.11. The molecule has 16 heavy (non-hydrogen) atoms. The fourth-order valence-corrected chi connectivity index (χ4v) is 1.43. The molecule has 1 aliphatic rings. The van der Waals surface area contributed by atoms with Gasteiger partial charge in [-0.15, -0.1) is 0 Å². The molecule has 1 aromatic rings. The number of ether oxygens (including phenoxy) is 2. The van der Waals surface area contributed by atoms with E-state index in [9.17, 15) is 9.18 Å². The van der Waals surface area contributed by atoms with Gasteiger partial charge in [-0.1, -0.05) is 6.07 Å². The Hall–Kier alpha value is -1.78. The summed E-state index contributed by atoms with van der Waals surface area (Å²) in [6, 6.07) is 4.63. The van der Waals surface area contributed by atoms with E-state index in [2.05, 4.69) is 5.32 Å². The minimum atomic E-state index is -0.460. The first-order chi connectivity index (χ1) is 7.65. The lowest BCUT2D eigenvalue weighted by atomic mass is 10.2. The predicted molar refractivity (Wildman–Crippen MR) is 54.9 cm³/mol. The highest BCUT2D eigenvalue weighted by atomic mass is 19.1. The number of halogens is 1. The van der Waals surface area contributed by atoms with Crippen LogP contribution in [0.3, 0.4) is 0 Å². The maximum absolute atomic E-state index is 13.3. The summed E-state index contributed by atoms with van der Waals surface area (Å²) in [7, 11) is 0. The first-order valence-corrected chi connectivity index (χ1v) is 4.98. The molecule has 0 aromatic heterocycles. The van der Waals surface area contributed by atoms with Crippen LogP contribution in [-0.2, 0) is 4.74 Å². The third-order valence-electron chi connectivity index (χ3n) is 2.26. The van der Waals surface area contributed by atoms with Gasteiger partial charge in [0.2, 0.25) is 0 Å². The predicted octanol–water partition coefficient (Wildman–Crippen LogP) is 1.62. The van der Waals surface area contributed by atoms with Gasteiger partial charge in [-0.2, -0.15) is 0 Å². The monoisotopic (exact) mass is 225 g/mol. The molecule has 1 saturated heterocycles. The summed E-state index contributed by atoms with van der Waals surface area (Å²) in [6.07, 6.45) is -0.814. The molecular formula is C11H12FNO3. The van der Waals surface area contributed by atoms with Gasteiger partial charge < -0.3 is 14.8 Å². The molecule has 0 bridgehead atoms. The van der Waals surface area contributed by atoms with Crippen LogP contribution in [0.15, 0.2) is 18.2 Å². The Kier molecular flexibility index (Phi) is 2.94. The van der Waals surface area contributed by atoms with Crippen LogP contribution in [-0.4, -0.2) is 25.3 Å². The Bertz CT molecular complexity index is 408. The van der Waals surface area contributed by atoms with Gasteiger partial charge >= 0.3 is 6.09 Å². The van der Waals surface area contributed by atoms with Crippen molar-refractivity contribution < 1.29 is 18.7 Å². The Balaban J connectivity index is 1.94. The van der Waals surface area contributed by atoms with Gasteiger partial charge in [-0.3, -0.25) is 0 Å². The molecule has 1 atom stereocenters. The number of hydrogen-bond acceptors (Lipinski definition) is 3. The zero-order chi connectivity index (χ0) is 11.5. The molecule has 5 heteroatoms. The third kappa shape index (κ3) is 2.42. The number of nitrogens with one attached hydrogen (secondary N) is 1. The van der Waals surface area contributed by atoms with Crippen molar-refractivity contribution in [2.75, 3.05) is 13.2 Å². The molecule has 2 rings (SSSR count). The van der Waals surface area contributed by atoms with Crippen molar-refractivity contribution in [2.24, 2.45) is 0 Å². The minimum Gasteiger partial charge on any atom is -0.487 e. The second-order valence-electron chi connectivity index (χ2n) is 3.65. The Labute approximate surface area is 92.4 Å². The van der Waals surface area contributed by atoms with Crippen LogP contribution >= 0.6 is 0 Å². The standard InChI is InChI=1S/C11H12FNO3/c1-7-2-3-9(12)10(4-7)15-6-8-5-13-11(14)16-8/h2-4,8H,5-6H2,1H3,(H,13,14). The molecule has 1 aliphatic heterocycles. The van der Waals surface area contributed by atoms with E-state index in [1.54, 1.807) is 12.1 Å². The summed E-state index contributed by atoms with van der Waals surface area (Å²) in [5.74, 6) is -0.231. The summed E-state index contributed by atoms with van der Waals surface area (Å²) >= 11 is 0. The lowest BCUT2D eigenvalue weighted by Crippen LogP contribution is -2.22. The van der Waals surface area contributed by atoms with Crippen LogP contribution in [0.5, 0.6) is 5.75 Å². The van der Waals surface area contributed by atoms with Gasteiger partial charge in [0, 0.05) is 0 Å². The minimum absolute atomic E-state index is 0.152. The van der Waals surface area contributed by atoms with E-state index in [4.69, 9.17) is 9.47 Å². The Morgan fingerprint density at radius 3 is 3.12 bits per heavy atom. The van der Waals surface area contributed by atoms with Crippen LogP contribution in [0.2, 0.25) is 0 Å². The summed E-state index contributed by atoms with van der Waals surface area (Å²) in [5, 5.41) is 2.50. The summed E-state index contributed by atoms with van der Waals surface area (Å²) in [5.41, 5.74) is 0.915. The Morgan fingerprint density at radius 1 is 1.62 bits per heavy atom. The number of amides is 1. The average Bonchev–Trinajstić information content (AvgIpc) is 2.66. The Morgan fingerprint density at radius 2 is 2.44 bits per heavy atom. The molecule has 1 amide bonds. The van der Waals surface area contributed by atoms with Crippen molar-refractivity contribution in [1.29, 1.82) is 0 Å². The van der Waals surface area contributed by atoms with E-state index in [1.165, 1.54) is 6.07 Å². The lowest BCUT2D eigenvalue weighted by molar-refractivity contribution is 0.103. The second-order valence-corrected chi connectivity index (χ2v) is 3.65. The smallest absolute Gasteiger partial charge is 0.407 e. The molecule has 0 spiro atoms. The van der Waals surface area contributed by atoms with Crippen molar-refractivity contribution in [3.8, 4) is 5.75 Å². The third-order valence-corrected chi connectivity index (χ3v) is 2.26. The zero-order valence-electron chi connectivity index (χ0n) is 8.83. The van der Waals surface area contributed by atoms with Gasteiger partial charge in [0.15, 0.2) is 17.7 Å². The fourth-order valence-electron chi connectivity index (χ4n) is 1.43. The van der Waals surface area contributed by atoms with Crippen molar-refractivity contribution in [1.82, 2.24) is 5.32 Å². The van der Waals surface area contributed by atoms with E-state index in [1.807, 2.05) is 6.92 Å². The zero-order valence-corrected chi connectivity index (χ0v) is 8.83. The maximum Gasteiger partial charge on any atom is 0.407 e. The first-order valence-electron chi connectivity index (χ1n) is 4.98. The summed E-state index contributed by atoms with van der Waals surface area (Å²) < 4.78 is 23.4. The van der Waals surface area contributed by atoms with Crippen LogP contribution in [0.25, 0.3) is 0 Å². The molecular weight excluding hydrogens is 213 g/mol. The van der Waals surface area contributed by atoms with E-state index in [0.717, 1.165) is 5.56 Å². The maximum atomic E-state index is 13.3. The fraction of sp³-hybridized carbons (Fsp3) is 0.364. The quantitative estimate of drug-likeness (QED) is 0.850. The second kappa shape index (κ2) is 4.38. The molecule has 1 unspecified atom stereocenters. The van der Waals surface area contributed by atoms with Crippen LogP contribution < -0.4 is 10.1 Å². The molecule has 0 radical (unpaired) electrons. The first kappa shape index (κ1) is 10.7. The molecule has 1 aromatic carbocycles. The van der Waals surface area contributed by atoms with Crippen LogP contribution in [0, 0.1) is 12.7 Å². The number of carbonyl (C=O) groups excluding carboxylic acids is 1. The number of carbonyl (C=O) groups is 1. The van der Waals surface area contributed by atoms with Gasteiger partial charge in [-0.05, 0) is 24.6 Å². The molecule has 1 fully saturated rings. The molecule has 0 aliphatic carbocycles. The number of rotatable bonds is 3. The number of hydrogen-bond donors (Lipinski definition) is 1. The van der Waals surface area contributed by atoms with E-state index in [-0.39, 0.29) is 18.5 Å². The highest BCUT2D eigenvalue weighted by Gasteiger charge is 2.23. The molecule has 0 saturated carbocycles. The SMILES string of the molecule is Cc1ccc(F)c(OCC2CNC(=O)O2)c1. The van der Waals surface area contributed by atoms with Crippen molar-refractivity contribution >= 4 is 6.09 Å². The van der Waals surface area contributed by atoms with E-state index >= 15 is 0 Å².